The van der Waals surface area contributed by atoms with Crippen LogP contribution in [0.1, 0.15) is 15.9 Å². The molecule has 0 aliphatic heterocycles. The summed E-state index contributed by atoms with van der Waals surface area (Å²) in [5, 5.41) is 13.2. The zero-order chi connectivity index (χ0) is 13.8. The third kappa shape index (κ3) is 2.92. The van der Waals surface area contributed by atoms with Crippen LogP contribution in [0.2, 0.25) is 0 Å². The van der Waals surface area contributed by atoms with Crippen molar-refractivity contribution >= 4 is 17.3 Å². The van der Waals surface area contributed by atoms with Gasteiger partial charge < -0.3 is 5.32 Å². The highest BCUT2D eigenvalue weighted by atomic mass is 16.6. The van der Waals surface area contributed by atoms with Gasteiger partial charge in [0, 0.05) is 23.9 Å². The van der Waals surface area contributed by atoms with Crippen LogP contribution in [-0.2, 0) is 0 Å². The Balaban J connectivity index is 2.16. The number of aromatic nitrogens is 1. The number of rotatable bonds is 3. The number of nitrogens with one attached hydrogen (secondary N) is 1. The van der Waals surface area contributed by atoms with Gasteiger partial charge in [0.15, 0.2) is 0 Å². The number of hydrogen-bond acceptors (Lipinski definition) is 4. The van der Waals surface area contributed by atoms with Gasteiger partial charge in [-0.2, -0.15) is 0 Å². The molecule has 0 unspecified atom stereocenters. The van der Waals surface area contributed by atoms with Gasteiger partial charge in [-0.3, -0.25) is 19.9 Å². The fourth-order valence-corrected chi connectivity index (χ4v) is 1.52. The number of amides is 1. The second kappa shape index (κ2) is 5.26. The van der Waals surface area contributed by atoms with Crippen molar-refractivity contribution in [2.45, 2.75) is 6.92 Å². The van der Waals surface area contributed by atoms with Crippen LogP contribution in [0.15, 0.2) is 42.7 Å². The fraction of sp³-hybridized carbons (Fsp3) is 0.0769. The van der Waals surface area contributed by atoms with Crippen molar-refractivity contribution in [1.29, 1.82) is 0 Å². The predicted octanol–water partition coefficient (Wildman–Crippen LogP) is 2.55. The number of carbonyl (C=O) groups is 1. The minimum Gasteiger partial charge on any atom is -0.320 e. The largest absolute Gasteiger partial charge is 0.320 e. The van der Waals surface area contributed by atoms with Crippen LogP contribution >= 0.6 is 0 Å². The Morgan fingerprint density at radius 1 is 1.26 bits per heavy atom. The summed E-state index contributed by atoms with van der Waals surface area (Å²) in [5.74, 6) is -0.328. The van der Waals surface area contributed by atoms with Gasteiger partial charge in [-0.1, -0.05) is 0 Å². The van der Waals surface area contributed by atoms with Crippen LogP contribution in [0, 0.1) is 17.0 Å². The van der Waals surface area contributed by atoms with Crippen LogP contribution in [0.3, 0.4) is 0 Å². The Labute approximate surface area is 109 Å². The van der Waals surface area contributed by atoms with Gasteiger partial charge in [0.05, 0.1) is 16.8 Å². The summed E-state index contributed by atoms with van der Waals surface area (Å²) in [6.07, 6.45) is 3.19. The average molecular weight is 257 g/mol. The van der Waals surface area contributed by atoms with Gasteiger partial charge in [0.1, 0.15) is 0 Å². The second-order valence-electron chi connectivity index (χ2n) is 3.95. The lowest BCUT2D eigenvalue weighted by Gasteiger charge is -2.07. The molecule has 1 aromatic heterocycles. The second-order valence-corrected chi connectivity index (χ2v) is 3.95. The molecule has 0 saturated heterocycles. The molecule has 1 amide bonds. The summed E-state index contributed by atoms with van der Waals surface area (Å²) in [7, 11) is 0. The highest BCUT2D eigenvalue weighted by Crippen LogP contribution is 2.15. The van der Waals surface area contributed by atoms with Crippen molar-refractivity contribution in [3.05, 3.63) is 64.0 Å². The maximum absolute atomic E-state index is 11.9. The topological polar surface area (TPSA) is 85.1 Å². The zero-order valence-corrected chi connectivity index (χ0v) is 10.2. The van der Waals surface area contributed by atoms with Gasteiger partial charge in [-0.25, -0.2) is 0 Å². The molecule has 19 heavy (non-hydrogen) atoms. The van der Waals surface area contributed by atoms with E-state index in [1.165, 1.54) is 24.3 Å². The average Bonchev–Trinajstić information content (AvgIpc) is 2.41. The first-order valence-corrected chi connectivity index (χ1v) is 5.54. The Morgan fingerprint density at radius 2 is 1.95 bits per heavy atom. The van der Waals surface area contributed by atoms with E-state index in [1.54, 1.807) is 18.5 Å². The minimum atomic E-state index is -0.507. The lowest BCUT2D eigenvalue weighted by molar-refractivity contribution is -0.384. The molecule has 1 heterocycles. The van der Waals surface area contributed by atoms with Crippen LogP contribution in [0.4, 0.5) is 11.4 Å². The van der Waals surface area contributed by atoms with Crippen LogP contribution in [0.25, 0.3) is 0 Å². The summed E-state index contributed by atoms with van der Waals surface area (Å²) in [5.41, 5.74) is 1.82. The van der Waals surface area contributed by atoms with Crippen molar-refractivity contribution in [1.82, 2.24) is 4.98 Å². The highest BCUT2D eigenvalue weighted by Gasteiger charge is 2.10. The van der Waals surface area contributed by atoms with E-state index in [0.29, 0.717) is 11.3 Å². The number of nitro benzene ring substituents is 1. The number of pyridine rings is 1. The lowest BCUT2D eigenvalue weighted by Crippen LogP contribution is -2.12. The number of anilines is 1. The van der Waals surface area contributed by atoms with E-state index in [-0.39, 0.29) is 11.6 Å². The quantitative estimate of drug-likeness (QED) is 0.676. The van der Waals surface area contributed by atoms with Crippen LogP contribution in [-0.4, -0.2) is 15.8 Å². The third-order valence-corrected chi connectivity index (χ3v) is 2.63. The van der Waals surface area contributed by atoms with Crippen LogP contribution < -0.4 is 5.32 Å². The summed E-state index contributed by atoms with van der Waals surface area (Å²) < 4.78 is 0. The monoisotopic (exact) mass is 257 g/mol. The molecule has 1 N–H and O–H groups in total. The van der Waals surface area contributed by atoms with Gasteiger partial charge >= 0.3 is 0 Å². The Hall–Kier alpha value is -2.76. The third-order valence-electron chi connectivity index (χ3n) is 2.63. The Bertz CT molecular complexity index is 623. The standard InChI is InChI=1S/C13H11N3O3/c1-9-6-7-14-8-12(9)15-13(17)10-2-4-11(5-3-10)16(18)19/h2-8H,1H3,(H,15,17). The SMILES string of the molecule is Cc1ccncc1NC(=O)c1ccc([N+](=O)[O-])cc1. The summed E-state index contributed by atoms with van der Waals surface area (Å²) in [6, 6.07) is 7.21. The van der Waals surface area contributed by atoms with Gasteiger partial charge in [0.2, 0.25) is 0 Å². The maximum atomic E-state index is 11.9. The summed E-state index contributed by atoms with van der Waals surface area (Å²) in [6.45, 7) is 1.85. The van der Waals surface area contributed by atoms with Crippen molar-refractivity contribution < 1.29 is 9.72 Å². The van der Waals surface area contributed by atoms with Gasteiger partial charge in [-0.15, -0.1) is 0 Å². The van der Waals surface area contributed by atoms with Crippen molar-refractivity contribution in [3.63, 3.8) is 0 Å². The number of nitrogens with zero attached hydrogens (tertiary/aromatic N) is 2. The van der Waals surface area contributed by atoms with E-state index in [9.17, 15) is 14.9 Å². The first kappa shape index (κ1) is 12.7. The van der Waals surface area contributed by atoms with E-state index in [2.05, 4.69) is 10.3 Å². The van der Waals surface area contributed by atoms with Gasteiger partial charge in [-0.05, 0) is 30.7 Å². The van der Waals surface area contributed by atoms with Crippen molar-refractivity contribution in [2.75, 3.05) is 5.32 Å². The van der Waals surface area contributed by atoms with Crippen molar-refractivity contribution in [3.8, 4) is 0 Å². The molecule has 96 valence electrons. The molecule has 0 atom stereocenters. The van der Waals surface area contributed by atoms with E-state index in [0.717, 1.165) is 5.56 Å². The Kier molecular flexibility index (Phi) is 3.51. The number of hydrogen-bond donors (Lipinski definition) is 1. The molecular weight excluding hydrogens is 246 g/mol. The van der Waals surface area contributed by atoms with Crippen LogP contribution in [0.5, 0.6) is 0 Å². The number of nitro groups is 1. The normalized spacial score (nSPS) is 9.95. The molecule has 0 radical (unpaired) electrons. The number of aryl methyl sites for hydroxylation is 1. The first-order chi connectivity index (χ1) is 9.08. The predicted molar refractivity (Wildman–Crippen MR) is 70.0 cm³/mol. The van der Waals surface area contributed by atoms with E-state index in [4.69, 9.17) is 0 Å². The molecule has 2 aromatic rings. The molecule has 0 aliphatic carbocycles. The van der Waals surface area contributed by atoms with E-state index >= 15 is 0 Å². The Morgan fingerprint density at radius 3 is 2.53 bits per heavy atom. The number of non-ortho nitro benzene ring substituents is 1. The zero-order valence-electron chi connectivity index (χ0n) is 10.2. The molecule has 6 nitrogen and oxygen atoms in total. The molecule has 0 spiro atoms. The maximum Gasteiger partial charge on any atom is 0.269 e. The highest BCUT2D eigenvalue weighted by molar-refractivity contribution is 6.04. The molecule has 6 heteroatoms. The fourth-order valence-electron chi connectivity index (χ4n) is 1.52. The van der Waals surface area contributed by atoms with E-state index < -0.39 is 4.92 Å². The number of carbonyl (C=O) groups excluding carboxylic acids is 1. The van der Waals surface area contributed by atoms with Gasteiger partial charge in [0.25, 0.3) is 11.6 Å². The molecule has 0 bridgehead atoms. The lowest BCUT2D eigenvalue weighted by atomic mass is 10.2. The molecule has 1 aromatic carbocycles. The molecule has 0 saturated carbocycles. The number of benzene rings is 1. The summed E-state index contributed by atoms with van der Waals surface area (Å²) >= 11 is 0. The molecule has 0 aliphatic rings. The molecule has 2 rings (SSSR count). The van der Waals surface area contributed by atoms with Crippen molar-refractivity contribution in [2.24, 2.45) is 0 Å². The van der Waals surface area contributed by atoms with E-state index in [1.807, 2.05) is 6.92 Å². The molecular formula is C13H11N3O3. The first-order valence-electron chi connectivity index (χ1n) is 5.54. The smallest absolute Gasteiger partial charge is 0.269 e. The molecule has 0 fully saturated rings. The minimum absolute atomic E-state index is 0.0471. The summed E-state index contributed by atoms with van der Waals surface area (Å²) in [4.78, 5) is 25.9.